The first-order valence-electron chi connectivity index (χ1n) is 6.60. The van der Waals surface area contributed by atoms with E-state index in [-0.39, 0.29) is 10.8 Å². The molecule has 0 spiro atoms. The van der Waals surface area contributed by atoms with Crippen molar-refractivity contribution in [1.29, 1.82) is 0 Å². The smallest absolute Gasteiger partial charge is 0.320 e. The molecule has 1 atom stereocenters. The van der Waals surface area contributed by atoms with Crippen molar-refractivity contribution in [2.45, 2.75) is 57.8 Å². The first kappa shape index (κ1) is 16.0. The molecule has 1 unspecified atom stereocenters. The Bertz CT molecular complexity index is 286. The maximum Gasteiger partial charge on any atom is 0.320 e. The third-order valence-electron chi connectivity index (χ3n) is 3.60. The van der Waals surface area contributed by atoms with Gasteiger partial charge < -0.3 is 10.1 Å². The SMILES string of the molecule is COC(=O)C(Br)CNC1CC(C)(C)CC(C)(C)C1. The maximum atomic E-state index is 11.3. The van der Waals surface area contributed by atoms with E-state index in [9.17, 15) is 4.79 Å². The zero-order chi connectivity index (χ0) is 14.0. The average molecular weight is 320 g/mol. The number of methoxy groups -OCH3 is 1. The molecule has 0 radical (unpaired) electrons. The predicted molar refractivity (Wildman–Crippen MR) is 77.9 cm³/mol. The van der Waals surface area contributed by atoms with Crippen LogP contribution in [0.1, 0.15) is 47.0 Å². The van der Waals surface area contributed by atoms with Crippen molar-refractivity contribution < 1.29 is 9.53 Å². The summed E-state index contributed by atoms with van der Waals surface area (Å²) in [6.07, 6.45) is 3.58. The molecule has 18 heavy (non-hydrogen) atoms. The van der Waals surface area contributed by atoms with Crippen LogP contribution < -0.4 is 5.32 Å². The van der Waals surface area contributed by atoms with E-state index in [4.69, 9.17) is 4.74 Å². The molecule has 1 saturated carbocycles. The Morgan fingerprint density at radius 3 is 2.28 bits per heavy atom. The van der Waals surface area contributed by atoms with Gasteiger partial charge in [0, 0.05) is 12.6 Å². The summed E-state index contributed by atoms with van der Waals surface area (Å²) in [5.74, 6) is -0.211. The highest BCUT2D eigenvalue weighted by molar-refractivity contribution is 9.10. The second kappa shape index (κ2) is 5.91. The minimum atomic E-state index is -0.254. The van der Waals surface area contributed by atoms with Gasteiger partial charge in [0.1, 0.15) is 4.83 Å². The molecule has 0 heterocycles. The van der Waals surface area contributed by atoms with Gasteiger partial charge in [-0.2, -0.15) is 0 Å². The van der Waals surface area contributed by atoms with E-state index in [1.807, 2.05) is 0 Å². The van der Waals surface area contributed by atoms with Crippen molar-refractivity contribution in [3.63, 3.8) is 0 Å². The van der Waals surface area contributed by atoms with Crippen molar-refractivity contribution >= 4 is 21.9 Å². The molecule has 106 valence electrons. The summed E-state index contributed by atoms with van der Waals surface area (Å²) in [6.45, 7) is 9.94. The quantitative estimate of drug-likeness (QED) is 0.639. The number of hydrogen-bond donors (Lipinski definition) is 1. The van der Waals surface area contributed by atoms with Crippen LogP contribution in [-0.4, -0.2) is 30.5 Å². The molecule has 0 bridgehead atoms. The van der Waals surface area contributed by atoms with Gasteiger partial charge in [-0.05, 0) is 30.1 Å². The van der Waals surface area contributed by atoms with Crippen molar-refractivity contribution in [2.75, 3.05) is 13.7 Å². The summed E-state index contributed by atoms with van der Waals surface area (Å²) in [4.78, 5) is 11.1. The maximum absolute atomic E-state index is 11.3. The summed E-state index contributed by atoms with van der Waals surface area (Å²) in [7, 11) is 1.42. The van der Waals surface area contributed by atoms with E-state index in [2.05, 4.69) is 48.9 Å². The first-order valence-corrected chi connectivity index (χ1v) is 7.52. The lowest BCUT2D eigenvalue weighted by Gasteiger charge is -2.45. The molecule has 4 heteroatoms. The third-order valence-corrected chi connectivity index (χ3v) is 4.30. The molecule has 0 saturated heterocycles. The van der Waals surface area contributed by atoms with Crippen LogP contribution in [0.25, 0.3) is 0 Å². The van der Waals surface area contributed by atoms with E-state index in [1.165, 1.54) is 13.5 Å². The van der Waals surface area contributed by atoms with E-state index in [0.717, 1.165) is 12.8 Å². The Morgan fingerprint density at radius 1 is 1.33 bits per heavy atom. The number of hydrogen-bond acceptors (Lipinski definition) is 3. The van der Waals surface area contributed by atoms with Crippen LogP contribution in [0.5, 0.6) is 0 Å². The highest BCUT2D eigenvalue weighted by Gasteiger charge is 2.38. The van der Waals surface area contributed by atoms with Crippen LogP contribution in [0.2, 0.25) is 0 Å². The van der Waals surface area contributed by atoms with E-state index < -0.39 is 0 Å². The Morgan fingerprint density at radius 2 is 1.83 bits per heavy atom. The van der Waals surface area contributed by atoms with Crippen LogP contribution in [0.15, 0.2) is 0 Å². The summed E-state index contributed by atoms with van der Waals surface area (Å²) in [5.41, 5.74) is 0.735. The van der Waals surface area contributed by atoms with E-state index in [0.29, 0.717) is 23.4 Å². The molecule has 1 N–H and O–H groups in total. The fourth-order valence-corrected chi connectivity index (χ4v) is 3.85. The average Bonchev–Trinajstić information content (AvgIpc) is 2.20. The molecule has 0 aromatic heterocycles. The molecular weight excluding hydrogens is 294 g/mol. The second-order valence-corrected chi connectivity index (χ2v) is 8.11. The number of rotatable bonds is 4. The first-order chi connectivity index (χ1) is 8.15. The number of ether oxygens (including phenoxy) is 1. The fourth-order valence-electron chi connectivity index (χ4n) is 3.47. The zero-order valence-corrected chi connectivity index (χ0v) is 13.8. The Labute approximate surface area is 119 Å². The summed E-state index contributed by atoms with van der Waals surface area (Å²) in [6, 6.07) is 0.480. The second-order valence-electron chi connectivity index (χ2n) is 7.01. The Kier molecular flexibility index (Phi) is 5.24. The van der Waals surface area contributed by atoms with Crippen molar-refractivity contribution in [2.24, 2.45) is 10.8 Å². The molecule has 1 rings (SSSR count). The van der Waals surface area contributed by atoms with Gasteiger partial charge in [0.25, 0.3) is 0 Å². The lowest BCUT2D eigenvalue weighted by atomic mass is 9.63. The van der Waals surface area contributed by atoms with Crippen LogP contribution in [0, 0.1) is 10.8 Å². The number of halogens is 1. The van der Waals surface area contributed by atoms with Gasteiger partial charge in [0.15, 0.2) is 0 Å². The lowest BCUT2D eigenvalue weighted by molar-refractivity contribution is -0.139. The summed E-state index contributed by atoms with van der Waals surface area (Å²) >= 11 is 3.35. The van der Waals surface area contributed by atoms with Crippen LogP contribution >= 0.6 is 15.9 Å². The molecule has 1 fully saturated rings. The van der Waals surface area contributed by atoms with Crippen molar-refractivity contribution in [3.05, 3.63) is 0 Å². The molecule has 0 aliphatic heterocycles. The fraction of sp³-hybridized carbons (Fsp3) is 0.929. The van der Waals surface area contributed by atoms with Crippen LogP contribution in [0.4, 0.5) is 0 Å². The van der Waals surface area contributed by atoms with Gasteiger partial charge in [-0.15, -0.1) is 0 Å². The van der Waals surface area contributed by atoms with E-state index in [1.54, 1.807) is 0 Å². The van der Waals surface area contributed by atoms with Gasteiger partial charge in [-0.3, -0.25) is 4.79 Å². The number of carbonyl (C=O) groups is 1. The third kappa shape index (κ3) is 4.88. The Hall–Kier alpha value is -0.0900. The predicted octanol–water partition coefficient (Wildman–Crippen LogP) is 3.12. The lowest BCUT2D eigenvalue weighted by Crippen LogP contribution is -2.46. The highest BCUT2D eigenvalue weighted by Crippen LogP contribution is 2.45. The number of carbonyl (C=O) groups excluding carboxylic acids is 1. The monoisotopic (exact) mass is 319 g/mol. The minimum Gasteiger partial charge on any atom is -0.468 e. The zero-order valence-electron chi connectivity index (χ0n) is 12.2. The van der Waals surface area contributed by atoms with Crippen molar-refractivity contribution in [3.8, 4) is 0 Å². The topological polar surface area (TPSA) is 38.3 Å². The molecule has 0 aromatic carbocycles. The van der Waals surface area contributed by atoms with Gasteiger partial charge in [-0.25, -0.2) is 0 Å². The van der Waals surface area contributed by atoms with Gasteiger partial charge in [0.2, 0.25) is 0 Å². The van der Waals surface area contributed by atoms with Gasteiger partial charge >= 0.3 is 5.97 Å². The molecular formula is C14H26BrNO2. The van der Waals surface area contributed by atoms with E-state index >= 15 is 0 Å². The Balaban J connectivity index is 2.49. The largest absolute Gasteiger partial charge is 0.468 e. The molecule has 3 nitrogen and oxygen atoms in total. The summed E-state index contributed by atoms with van der Waals surface area (Å²) < 4.78 is 4.71. The molecule has 1 aliphatic carbocycles. The number of esters is 1. The standard InChI is InChI=1S/C14H26BrNO2/c1-13(2)6-10(7-14(3,4)9-13)16-8-11(15)12(17)18-5/h10-11,16H,6-9H2,1-5H3. The molecule has 1 aliphatic rings. The molecule has 0 aromatic rings. The van der Waals surface area contributed by atoms with Crippen molar-refractivity contribution in [1.82, 2.24) is 5.32 Å². The van der Waals surface area contributed by atoms with Gasteiger partial charge in [0.05, 0.1) is 7.11 Å². The number of nitrogens with one attached hydrogen (secondary N) is 1. The van der Waals surface area contributed by atoms with Crippen LogP contribution in [0.3, 0.4) is 0 Å². The highest BCUT2D eigenvalue weighted by atomic mass is 79.9. The number of alkyl halides is 1. The molecule has 0 amide bonds. The van der Waals surface area contributed by atoms with Gasteiger partial charge in [-0.1, -0.05) is 43.6 Å². The summed E-state index contributed by atoms with van der Waals surface area (Å²) in [5, 5.41) is 3.50. The minimum absolute atomic E-state index is 0.211. The van der Waals surface area contributed by atoms with Crippen LogP contribution in [-0.2, 0) is 9.53 Å². The normalized spacial score (nSPS) is 24.6.